The molecule has 3 aliphatic heterocycles. The first kappa shape index (κ1) is 21.8. The van der Waals surface area contributed by atoms with Gasteiger partial charge in [0.1, 0.15) is 11.9 Å². The highest BCUT2D eigenvalue weighted by atomic mass is 19.1. The van der Waals surface area contributed by atoms with E-state index in [1.807, 2.05) is 18.2 Å². The van der Waals surface area contributed by atoms with Gasteiger partial charge in [-0.15, -0.1) is 0 Å². The molecule has 0 aromatic heterocycles. The summed E-state index contributed by atoms with van der Waals surface area (Å²) < 4.78 is 13.5. The molecule has 2 saturated heterocycles. The van der Waals surface area contributed by atoms with Crippen LogP contribution < -0.4 is 4.90 Å². The Balaban J connectivity index is 1.49. The summed E-state index contributed by atoms with van der Waals surface area (Å²) in [6, 6.07) is 15.7. The van der Waals surface area contributed by atoms with Crippen molar-refractivity contribution in [1.29, 1.82) is 0 Å². The van der Waals surface area contributed by atoms with Gasteiger partial charge in [0.25, 0.3) is 5.69 Å². The number of nitro benzene ring substituents is 1. The fourth-order valence-corrected chi connectivity index (χ4v) is 5.45. The zero-order valence-electron chi connectivity index (χ0n) is 18.5. The molecule has 3 heterocycles. The van der Waals surface area contributed by atoms with Crippen LogP contribution in [0.4, 0.5) is 15.8 Å². The number of amides is 2. The quantitative estimate of drug-likeness (QED) is 0.242. The fraction of sp³-hybridized carbons (Fsp3) is 0.154. The maximum Gasteiger partial charge on any atom is 0.271 e. The van der Waals surface area contributed by atoms with Crippen molar-refractivity contribution in [2.45, 2.75) is 12.1 Å². The van der Waals surface area contributed by atoms with E-state index in [2.05, 4.69) is 5.10 Å². The number of Topliss-reactive ketones (excluding diaryl/α,β-unsaturated/α-hetero) is 1. The van der Waals surface area contributed by atoms with Crippen LogP contribution >= 0.6 is 0 Å². The largest absolute Gasteiger partial charge is 0.292 e. The molecule has 0 spiro atoms. The molecular formula is C26H17FN4O5. The molecule has 3 aromatic carbocycles. The summed E-state index contributed by atoms with van der Waals surface area (Å²) in [5.41, 5.74) is 1.50. The maximum absolute atomic E-state index is 13.8. The third-order valence-corrected chi connectivity index (χ3v) is 6.99. The van der Waals surface area contributed by atoms with Crippen LogP contribution in [0.15, 0.2) is 77.9 Å². The van der Waals surface area contributed by atoms with Gasteiger partial charge in [-0.2, -0.15) is 5.10 Å². The molecule has 6 rings (SSSR count). The van der Waals surface area contributed by atoms with E-state index in [0.717, 1.165) is 28.2 Å². The number of ketones is 1. The van der Waals surface area contributed by atoms with E-state index in [0.29, 0.717) is 0 Å². The first-order chi connectivity index (χ1) is 17.4. The number of anilines is 1. The van der Waals surface area contributed by atoms with Gasteiger partial charge in [0, 0.05) is 17.7 Å². The molecule has 9 nitrogen and oxygen atoms in total. The van der Waals surface area contributed by atoms with E-state index >= 15 is 0 Å². The second kappa shape index (κ2) is 7.91. The van der Waals surface area contributed by atoms with Gasteiger partial charge in [-0.3, -0.25) is 29.5 Å². The predicted molar refractivity (Wildman–Crippen MR) is 126 cm³/mol. The molecule has 3 aromatic rings. The summed E-state index contributed by atoms with van der Waals surface area (Å²) in [6.07, 6.45) is 1.59. The van der Waals surface area contributed by atoms with E-state index in [1.54, 1.807) is 12.3 Å². The number of nitro groups is 1. The minimum Gasteiger partial charge on any atom is -0.292 e. The Morgan fingerprint density at radius 3 is 2.42 bits per heavy atom. The van der Waals surface area contributed by atoms with Crippen molar-refractivity contribution in [3.8, 4) is 0 Å². The van der Waals surface area contributed by atoms with Crippen molar-refractivity contribution in [2.24, 2.45) is 16.9 Å². The van der Waals surface area contributed by atoms with Crippen LogP contribution in [-0.2, 0) is 9.59 Å². The maximum atomic E-state index is 13.8. The third kappa shape index (κ3) is 3.07. The molecule has 0 saturated carbocycles. The summed E-state index contributed by atoms with van der Waals surface area (Å²) in [5.74, 6) is -4.18. The van der Waals surface area contributed by atoms with Gasteiger partial charge in [-0.05, 0) is 41.5 Å². The number of carbonyl (C=O) groups excluding carboxylic acids is 3. The normalized spacial score (nSPS) is 23.9. The molecule has 3 aliphatic rings. The van der Waals surface area contributed by atoms with Crippen LogP contribution in [0, 0.1) is 27.8 Å². The van der Waals surface area contributed by atoms with E-state index in [4.69, 9.17) is 0 Å². The fourth-order valence-electron chi connectivity index (χ4n) is 5.45. The number of carbonyl (C=O) groups is 3. The molecular weight excluding hydrogens is 467 g/mol. The van der Waals surface area contributed by atoms with Crippen molar-refractivity contribution in [2.75, 3.05) is 4.90 Å². The van der Waals surface area contributed by atoms with Crippen LogP contribution in [-0.4, -0.2) is 39.8 Å². The average molecular weight is 484 g/mol. The number of hydrogen-bond donors (Lipinski definition) is 0. The molecule has 2 amide bonds. The number of non-ortho nitro benzene ring substituents is 1. The number of fused-ring (bicyclic) bond motifs is 5. The molecule has 0 bridgehead atoms. The van der Waals surface area contributed by atoms with Gasteiger partial charge >= 0.3 is 0 Å². The summed E-state index contributed by atoms with van der Waals surface area (Å²) >= 11 is 0. The first-order valence-corrected chi connectivity index (χ1v) is 11.2. The Morgan fingerprint density at radius 2 is 1.67 bits per heavy atom. The smallest absolute Gasteiger partial charge is 0.271 e. The second-order valence-corrected chi connectivity index (χ2v) is 8.85. The van der Waals surface area contributed by atoms with E-state index < -0.39 is 52.3 Å². The van der Waals surface area contributed by atoms with Crippen molar-refractivity contribution in [3.63, 3.8) is 0 Å². The molecule has 178 valence electrons. The molecule has 0 unspecified atom stereocenters. The Kier molecular flexibility index (Phi) is 4.78. The molecule has 4 atom stereocenters. The first-order valence-electron chi connectivity index (χ1n) is 11.2. The monoisotopic (exact) mass is 484 g/mol. The highest BCUT2D eigenvalue weighted by molar-refractivity contribution is 6.24. The lowest BCUT2D eigenvalue weighted by molar-refractivity contribution is -0.384. The third-order valence-electron chi connectivity index (χ3n) is 6.99. The van der Waals surface area contributed by atoms with Crippen LogP contribution in [0.25, 0.3) is 0 Å². The minimum atomic E-state index is -1.12. The summed E-state index contributed by atoms with van der Waals surface area (Å²) in [4.78, 5) is 52.9. The number of hydrazone groups is 1. The lowest BCUT2D eigenvalue weighted by Crippen LogP contribution is -2.44. The van der Waals surface area contributed by atoms with Crippen molar-refractivity contribution >= 4 is 35.2 Å². The predicted octanol–water partition coefficient (Wildman–Crippen LogP) is 3.50. The number of hydrogen-bond acceptors (Lipinski definition) is 7. The zero-order valence-corrected chi connectivity index (χ0v) is 18.5. The highest BCUT2D eigenvalue weighted by Gasteiger charge is 2.65. The summed E-state index contributed by atoms with van der Waals surface area (Å²) in [5, 5.41) is 17.3. The Bertz CT molecular complexity index is 1490. The summed E-state index contributed by atoms with van der Waals surface area (Å²) in [7, 11) is 0. The van der Waals surface area contributed by atoms with Crippen LogP contribution in [0.5, 0.6) is 0 Å². The molecule has 0 N–H and O–H groups in total. The zero-order chi connectivity index (χ0) is 25.1. The van der Waals surface area contributed by atoms with E-state index in [1.165, 1.54) is 41.4 Å². The molecule has 36 heavy (non-hydrogen) atoms. The SMILES string of the molecule is O=C(c1ccc(F)cc1)[C@H]1[C@H]2C(=O)N(c3cccc([N+](=O)[O-])c3)C(=O)[C@H]2[C@H]2c3ccccc3C=NN21. The number of rotatable bonds is 4. The van der Waals surface area contributed by atoms with Crippen LogP contribution in [0.1, 0.15) is 27.5 Å². The standard InChI is InChI=1S/C26H17FN4O5/c27-16-10-8-14(9-11-16)24(32)23-21-20(22-19-7-2-1-4-15(19)13-28-30(22)23)25(33)29(26(21)34)17-5-3-6-18(12-17)31(35)36/h1-13,20-23H/t20-,21+,22-,23-/m1/s1. The molecule has 0 aliphatic carbocycles. The number of halogens is 1. The highest BCUT2D eigenvalue weighted by Crippen LogP contribution is 2.53. The van der Waals surface area contributed by atoms with Gasteiger partial charge in [-0.1, -0.05) is 30.3 Å². The van der Waals surface area contributed by atoms with E-state index in [9.17, 15) is 28.9 Å². The van der Waals surface area contributed by atoms with Gasteiger partial charge in [0.2, 0.25) is 11.8 Å². The van der Waals surface area contributed by atoms with Gasteiger partial charge in [0.15, 0.2) is 5.78 Å². The lowest BCUT2D eigenvalue weighted by Gasteiger charge is -2.33. The van der Waals surface area contributed by atoms with Crippen molar-refractivity contribution in [1.82, 2.24) is 5.01 Å². The molecule has 0 radical (unpaired) electrons. The van der Waals surface area contributed by atoms with Crippen molar-refractivity contribution in [3.05, 3.63) is 105 Å². The van der Waals surface area contributed by atoms with E-state index in [-0.39, 0.29) is 16.9 Å². The second-order valence-electron chi connectivity index (χ2n) is 8.85. The lowest BCUT2D eigenvalue weighted by atomic mass is 9.83. The Morgan fingerprint density at radius 1 is 0.944 bits per heavy atom. The number of nitrogens with zero attached hydrogens (tertiary/aromatic N) is 4. The van der Waals surface area contributed by atoms with Crippen LogP contribution in [0.3, 0.4) is 0 Å². The van der Waals surface area contributed by atoms with Gasteiger partial charge < -0.3 is 0 Å². The Labute approximate surface area is 203 Å². The topological polar surface area (TPSA) is 113 Å². The van der Waals surface area contributed by atoms with Crippen molar-refractivity contribution < 1.29 is 23.7 Å². The molecule has 10 heteroatoms. The van der Waals surface area contributed by atoms with Gasteiger partial charge in [-0.25, -0.2) is 9.29 Å². The van der Waals surface area contributed by atoms with Gasteiger partial charge in [0.05, 0.1) is 34.7 Å². The summed E-state index contributed by atoms with van der Waals surface area (Å²) in [6.45, 7) is 0. The average Bonchev–Trinajstić information content (AvgIpc) is 3.36. The Hall–Kier alpha value is -4.73. The number of benzene rings is 3. The van der Waals surface area contributed by atoms with Crippen LogP contribution in [0.2, 0.25) is 0 Å². The molecule has 2 fully saturated rings. The minimum absolute atomic E-state index is 0.0701. The number of imide groups is 1.